The van der Waals surface area contributed by atoms with Gasteiger partial charge in [0.05, 0.1) is 0 Å². The molecule has 1 aliphatic heterocycles. The molecule has 0 spiro atoms. The lowest BCUT2D eigenvalue weighted by Gasteiger charge is -2.31. The summed E-state index contributed by atoms with van der Waals surface area (Å²) in [6.07, 6.45) is 1.01. The van der Waals surface area contributed by atoms with Crippen LogP contribution in [-0.4, -0.2) is 30.3 Å². The van der Waals surface area contributed by atoms with E-state index in [1.54, 1.807) is 0 Å². The van der Waals surface area contributed by atoms with Crippen LogP contribution in [0.2, 0.25) is 0 Å². The van der Waals surface area contributed by atoms with Gasteiger partial charge in [-0.1, -0.05) is 12.1 Å². The Balaban J connectivity index is 0.00000128. The maximum Gasteiger partial charge on any atom is 0.123 e. The van der Waals surface area contributed by atoms with Crippen molar-refractivity contribution < 1.29 is 15.0 Å². The van der Waals surface area contributed by atoms with Crippen LogP contribution in [0, 0.1) is 11.7 Å². The Bertz CT molecular complexity index is 315. The first kappa shape index (κ1) is 13.1. The molecule has 1 aliphatic rings. The lowest BCUT2D eigenvalue weighted by Crippen LogP contribution is -2.37. The van der Waals surface area contributed by atoms with Gasteiger partial charge < -0.3 is 15.9 Å². The second-order valence-corrected chi connectivity index (χ2v) is 4.09. The van der Waals surface area contributed by atoms with Crippen LogP contribution in [-0.2, 0) is 0 Å². The number of aliphatic hydroxyl groups excluding tert-OH is 1. The van der Waals surface area contributed by atoms with Crippen LogP contribution in [0.4, 0.5) is 4.39 Å². The standard InChI is InChI=1S/C12H16FNO.H2O/c13-11-3-1-9(2-4-11)12-5-6-14-7-10(12)8-15;/h1-4,10,12,14-15H,5-8H2;1H2/t10-,12-;/m1./s1. The number of nitrogens with one attached hydrogen (secondary N) is 1. The Morgan fingerprint density at radius 1 is 1.31 bits per heavy atom. The topological polar surface area (TPSA) is 63.8 Å². The number of halogens is 1. The van der Waals surface area contributed by atoms with Gasteiger partial charge >= 0.3 is 0 Å². The highest BCUT2D eigenvalue weighted by Gasteiger charge is 2.25. The van der Waals surface area contributed by atoms with Crippen LogP contribution < -0.4 is 5.32 Å². The van der Waals surface area contributed by atoms with Gasteiger partial charge in [0.25, 0.3) is 0 Å². The third-order valence-electron chi connectivity index (χ3n) is 3.14. The van der Waals surface area contributed by atoms with E-state index in [1.165, 1.54) is 12.1 Å². The fourth-order valence-corrected chi connectivity index (χ4v) is 2.26. The summed E-state index contributed by atoms with van der Waals surface area (Å²) >= 11 is 0. The number of aliphatic hydroxyl groups is 1. The Kier molecular flexibility index (Phi) is 4.86. The van der Waals surface area contributed by atoms with E-state index in [0.29, 0.717) is 5.92 Å². The molecular weight excluding hydrogens is 209 g/mol. The smallest absolute Gasteiger partial charge is 0.123 e. The molecule has 1 heterocycles. The zero-order valence-corrected chi connectivity index (χ0v) is 9.12. The van der Waals surface area contributed by atoms with E-state index in [4.69, 9.17) is 0 Å². The van der Waals surface area contributed by atoms with Crippen LogP contribution in [0.5, 0.6) is 0 Å². The number of piperidine rings is 1. The van der Waals surface area contributed by atoms with Gasteiger partial charge in [0.15, 0.2) is 0 Å². The predicted octanol–water partition coefficient (Wildman–Crippen LogP) is 0.686. The Labute approximate surface area is 94.6 Å². The van der Waals surface area contributed by atoms with E-state index in [-0.39, 0.29) is 23.8 Å². The van der Waals surface area contributed by atoms with Crippen LogP contribution >= 0.6 is 0 Å². The number of rotatable bonds is 2. The molecule has 0 saturated carbocycles. The van der Waals surface area contributed by atoms with Crippen molar-refractivity contribution in [2.75, 3.05) is 19.7 Å². The van der Waals surface area contributed by atoms with E-state index >= 15 is 0 Å². The molecule has 0 amide bonds. The molecule has 0 unspecified atom stereocenters. The van der Waals surface area contributed by atoms with Crippen molar-refractivity contribution in [1.82, 2.24) is 5.32 Å². The highest BCUT2D eigenvalue weighted by atomic mass is 19.1. The highest BCUT2D eigenvalue weighted by molar-refractivity contribution is 5.22. The SMILES string of the molecule is O.OC[C@H]1CNCC[C@@H]1c1ccc(F)cc1. The molecule has 1 aromatic rings. The van der Waals surface area contributed by atoms with Crippen LogP contribution in [0.1, 0.15) is 17.9 Å². The molecule has 16 heavy (non-hydrogen) atoms. The third-order valence-corrected chi connectivity index (χ3v) is 3.14. The van der Waals surface area contributed by atoms with Crippen molar-refractivity contribution in [3.63, 3.8) is 0 Å². The average molecular weight is 227 g/mol. The molecule has 4 heteroatoms. The second kappa shape index (κ2) is 5.94. The maximum absolute atomic E-state index is 12.8. The van der Waals surface area contributed by atoms with Gasteiger partial charge in [-0.3, -0.25) is 0 Å². The van der Waals surface area contributed by atoms with Crippen molar-refractivity contribution in [2.24, 2.45) is 5.92 Å². The largest absolute Gasteiger partial charge is 0.412 e. The minimum atomic E-state index is -0.201. The molecule has 1 aromatic carbocycles. The monoisotopic (exact) mass is 227 g/mol. The van der Waals surface area contributed by atoms with Gasteiger partial charge in [0.1, 0.15) is 5.82 Å². The summed E-state index contributed by atoms with van der Waals surface area (Å²) in [6, 6.07) is 6.64. The molecule has 1 saturated heterocycles. The quantitative estimate of drug-likeness (QED) is 0.780. The number of hydrogen-bond donors (Lipinski definition) is 2. The zero-order valence-electron chi connectivity index (χ0n) is 9.12. The maximum atomic E-state index is 12.8. The van der Waals surface area contributed by atoms with E-state index in [1.807, 2.05) is 12.1 Å². The van der Waals surface area contributed by atoms with Gasteiger partial charge in [-0.25, -0.2) is 4.39 Å². The summed E-state index contributed by atoms with van der Waals surface area (Å²) in [4.78, 5) is 0. The molecule has 2 atom stereocenters. The van der Waals surface area contributed by atoms with Crippen molar-refractivity contribution in [3.05, 3.63) is 35.6 Å². The summed E-state index contributed by atoms with van der Waals surface area (Å²) in [6.45, 7) is 2.01. The van der Waals surface area contributed by atoms with Gasteiger partial charge in [-0.05, 0) is 36.6 Å². The Morgan fingerprint density at radius 3 is 2.62 bits per heavy atom. The third kappa shape index (κ3) is 2.78. The van der Waals surface area contributed by atoms with Crippen LogP contribution in [0.3, 0.4) is 0 Å². The van der Waals surface area contributed by atoms with Crippen molar-refractivity contribution in [2.45, 2.75) is 12.3 Å². The van der Waals surface area contributed by atoms with Crippen molar-refractivity contribution in [3.8, 4) is 0 Å². The predicted molar refractivity (Wildman–Crippen MR) is 60.8 cm³/mol. The molecular formula is C12H18FNO2. The molecule has 0 aliphatic carbocycles. The molecule has 0 aromatic heterocycles. The minimum Gasteiger partial charge on any atom is -0.412 e. The summed E-state index contributed by atoms with van der Waals surface area (Å²) < 4.78 is 12.8. The van der Waals surface area contributed by atoms with E-state index in [9.17, 15) is 9.50 Å². The lowest BCUT2D eigenvalue weighted by molar-refractivity contribution is 0.179. The van der Waals surface area contributed by atoms with Crippen molar-refractivity contribution in [1.29, 1.82) is 0 Å². The zero-order chi connectivity index (χ0) is 10.7. The summed E-state index contributed by atoms with van der Waals surface area (Å²) in [5.41, 5.74) is 1.14. The number of hydrogen-bond acceptors (Lipinski definition) is 2. The molecule has 90 valence electrons. The van der Waals surface area contributed by atoms with Crippen molar-refractivity contribution >= 4 is 0 Å². The molecule has 2 rings (SSSR count). The lowest BCUT2D eigenvalue weighted by atomic mass is 9.82. The van der Waals surface area contributed by atoms with E-state index in [0.717, 1.165) is 25.1 Å². The van der Waals surface area contributed by atoms with Crippen LogP contribution in [0.25, 0.3) is 0 Å². The van der Waals surface area contributed by atoms with Crippen LogP contribution in [0.15, 0.2) is 24.3 Å². The van der Waals surface area contributed by atoms with Gasteiger partial charge in [-0.2, -0.15) is 0 Å². The summed E-state index contributed by atoms with van der Waals surface area (Å²) in [5.74, 6) is 0.411. The first-order valence-corrected chi connectivity index (χ1v) is 5.38. The Hall–Kier alpha value is -0.970. The molecule has 1 fully saturated rings. The molecule has 3 nitrogen and oxygen atoms in total. The fourth-order valence-electron chi connectivity index (χ4n) is 2.26. The van der Waals surface area contributed by atoms with Gasteiger partial charge in [-0.15, -0.1) is 0 Å². The molecule has 0 bridgehead atoms. The fraction of sp³-hybridized carbons (Fsp3) is 0.500. The molecule has 4 N–H and O–H groups in total. The second-order valence-electron chi connectivity index (χ2n) is 4.09. The van der Waals surface area contributed by atoms with Gasteiger partial charge in [0, 0.05) is 19.1 Å². The Morgan fingerprint density at radius 2 is 2.00 bits per heavy atom. The number of benzene rings is 1. The summed E-state index contributed by atoms with van der Waals surface area (Å²) in [5, 5.41) is 12.5. The van der Waals surface area contributed by atoms with E-state index < -0.39 is 0 Å². The highest BCUT2D eigenvalue weighted by Crippen LogP contribution is 2.29. The van der Waals surface area contributed by atoms with E-state index in [2.05, 4.69) is 5.32 Å². The summed E-state index contributed by atoms with van der Waals surface area (Å²) in [7, 11) is 0. The normalized spacial score (nSPS) is 24.9. The first-order valence-electron chi connectivity index (χ1n) is 5.38. The average Bonchev–Trinajstić information content (AvgIpc) is 2.30. The minimum absolute atomic E-state index is 0. The van der Waals surface area contributed by atoms with Gasteiger partial charge in [0.2, 0.25) is 0 Å². The first-order chi connectivity index (χ1) is 7.31. The molecule has 0 radical (unpaired) electrons.